The Bertz CT molecular complexity index is 614. The minimum Gasteiger partial charge on any atom is -0.342 e. The first-order valence-corrected chi connectivity index (χ1v) is 7.43. The van der Waals surface area contributed by atoms with Crippen molar-refractivity contribution in [2.45, 2.75) is 26.9 Å². The van der Waals surface area contributed by atoms with Gasteiger partial charge in [0.1, 0.15) is 12.4 Å². The van der Waals surface area contributed by atoms with Crippen molar-refractivity contribution in [3.05, 3.63) is 30.1 Å². The van der Waals surface area contributed by atoms with E-state index in [2.05, 4.69) is 9.88 Å². The maximum absolute atomic E-state index is 12.4. The first-order chi connectivity index (χ1) is 10.1. The number of hydrogen-bond donors (Lipinski definition) is 0. The number of fused-ring (bicyclic) bond motifs is 1. The third-order valence-electron chi connectivity index (χ3n) is 3.60. The van der Waals surface area contributed by atoms with E-state index in [0.717, 1.165) is 36.5 Å². The minimum absolute atomic E-state index is 0.142. The van der Waals surface area contributed by atoms with Gasteiger partial charge in [-0.2, -0.15) is 0 Å². The normalized spacial score (nSPS) is 11.3. The van der Waals surface area contributed by atoms with Gasteiger partial charge in [0.05, 0.1) is 17.6 Å². The van der Waals surface area contributed by atoms with Crippen LogP contribution < -0.4 is 0 Å². The molecule has 0 unspecified atom stereocenters. The van der Waals surface area contributed by atoms with Gasteiger partial charge in [0, 0.05) is 13.1 Å². The highest BCUT2D eigenvalue weighted by Gasteiger charge is 2.16. The third kappa shape index (κ3) is 3.42. The van der Waals surface area contributed by atoms with Crippen LogP contribution in [0, 0.1) is 0 Å². The van der Waals surface area contributed by atoms with E-state index < -0.39 is 0 Å². The number of para-hydroxylation sites is 2. The molecule has 0 bridgehead atoms. The second kappa shape index (κ2) is 6.72. The summed E-state index contributed by atoms with van der Waals surface area (Å²) in [5.74, 6) is 1.07. The number of carbonyl (C=O) groups is 1. The Labute approximate surface area is 126 Å². The van der Waals surface area contributed by atoms with E-state index in [4.69, 9.17) is 0 Å². The van der Waals surface area contributed by atoms with Crippen molar-refractivity contribution in [3.8, 4) is 0 Å². The van der Waals surface area contributed by atoms with Crippen molar-refractivity contribution >= 4 is 16.9 Å². The summed E-state index contributed by atoms with van der Waals surface area (Å²) < 4.78 is 2.04. The summed E-state index contributed by atoms with van der Waals surface area (Å²) in [5.41, 5.74) is 1.97. The number of likely N-dealkylation sites (N-methyl/N-ethyl adjacent to an activating group) is 1. The van der Waals surface area contributed by atoms with E-state index in [1.807, 2.05) is 61.7 Å². The summed E-state index contributed by atoms with van der Waals surface area (Å²) >= 11 is 0. The van der Waals surface area contributed by atoms with E-state index in [9.17, 15) is 4.79 Å². The zero-order valence-electron chi connectivity index (χ0n) is 13.3. The fourth-order valence-electron chi connectivity index (χ4n) is 2.52. The maximum Gasteiger partial charge on any atom is 0.242 e. The molecule has 5 heteroatoms. The monoisotopic (exact) mass is 288 g/mol. The van der Waals surface area contributed by atoms with Crippen LogP contribution in [0.3, 0.4) is 0 Å². The van der Waals surface area contributed by atoms with Crippen molar-refractivity contribution in [2.75, 3.05) is 27.2 Å². The molecule has 0 spiro atoms. The molecule has 0 aliphatic carbocycles. The Balaban J connectivity index is 2.38. The molecule has 1 aromatic carbocycles. The SMILES string of the molecule is CCN(CC)C(=O)Cn1c(CN(C)C)nc2ccccc21. The molecule has 1 amide bonds. The van der Waals surface area contributed by atoms with Crippen LogP contribution in [0.15, 0.2) is 24.3 Å². The molecule has 0 aliphatic rings. The molecule has 0 aliphatic heterocycles. The van der Waals surface area contributed by atoms with Crippen LogP contribution in [0.2, 0.25) is 0 Å². The molecule has 1 aromatic heterocycles. The Hall–Kier alpha value is -1.88. The number of nitrogens with zero attached hydrogens (tertiary/aromatic N) is 4. The summed E-state index contributed by atoms with van der Waals surface area (Å²) in [5, 5.41) is 0. The number of benzene rings is 1. The van der Waals surface area contributed by atoms with Crippen LogP contribution in [0.5, 0.6) is 0 Å². The third-order valence-corrected chi connectivity index (χ3v) is 3.60. The van der Waals surface area contributed by atoms with Crippen LogP contribution in [-0.4, -0.2) is 52.4 Å². The lowest BCUT2D eigenvalue weighted by molar-refractivity contribution is -0.131. The molecule has 0 fully saturated rings. The van der Waals surface area contributed by atoms with Gasteiger partial charge in [-0.05, 0) is 40.1 Å². The van der Waals surface area contributed by atoms with Gasteiger partial charge in [-0.25, -0.2) is 4.98 Å². The molecule has 21 heavy (non-hydrogen) atoms. The average Bonchev–Trinajstić information content (AvgIpc) is 2.77. The zero-order chi connectivity index (χ0) is 15.4. The van der Waals surface area contributed by atoms with Gasteiger partial charge >= 0.3 is 0 Å². The van der Waals surface area contributed by atoms with Gasteiger partial charge in [0.15, 0.2) is 0 Å². The Kier molecular flexibility index (Phi) is 4.96. The van der Waals surface area contributed by atoms with Gasteiger partial charge in [-0.3, -0.25) is 4.79 Å². The molecule has 114 valence electrons. The Morgan fingerprint density at radius 1 is 1.19 bits per heavy atom. The van der Waals surface area contributed by atoms with Gasteiger partial charge in [0.2, 0.25) is 5.91 Å². The van der Waals surface area contributed by atoms with Gasteiger partial charge in [-0.15, -0.1) is 0 Å². The Morgan fingerprint density at radius 3 is 2.48 bits per heavy atom. The summed E-state index contributed by atoms with van der Waals surface area (Å²) in [6.07, 6.45) is 0. The Morgan fingerprint density at radius 2 is 1.86 bits per heavy atom. The molecule has 5 nitrogen and oxygen atoms in total. The van der Waals surface area contributed by atoms with Crippen LogP contribution in [0.4, 0.5) is 0 Å². The molecule has 2 aromatic rings. The number of amides is 1. The molecular weight excluding hydrogens is 264 g/mol. The molecular formula is C16H24N4O. The fourth-order valence-corrected chi connectivity index (χ4v) is 2.52. The van der Waals surface area contributed by atoms with E-state index in [-0.39, 0.29) is 5.91 Å². The molecule has 1 heterocycles. The predicted molar refractivity (Wildman–Crippen MR) is 85.1 cm³/mol. The van der Waals surface area contributed by atoms with Gasteiger partial charge in [-0.1, -0.05) is 12.1 Å². The lowest BCUT2D eigenvalue weighted by atomic mass is 10.3. The van der Waals surface area contributed by atoms with Crippen molar-refractivity contribution in [2.24, 2.45) is 0 Å². The number of aromatic nitrogens is 2. The molecule has 0 saturated carbocycles. The van der Waals surface area contributed by atoms with Crippen LogP contribution in [-0.2, 0) is 17.9 Å². The minimum atomic E-state index is 0.142. The standard InChI is InChI=1S/C16H24N4O/c1-5-19(6-2)16(21)12-20-14-10-8-7-9-13(14)17-15(20)11-18(3)4/h7-10H,5-6,11-12H2,1-4H3. The summed E-state index contributed by atoms with van der Waals surface area (Å²) in [6, 6.07) is 7.98. The first kappa shape index (κ1) is 15.5. The molecule has 0 saturated heterocycles. The number of carbonyl (C=O) groups excluding carboxylic acids is 1. The lowest BCUT2D eigenvalue weighted by Gasteiger charge is -2.20. The van der Waals surface area contributed by atoms with E-state index in [0.29, 0.717) is 6.54 Å². The predicted octanol–water partition coefficient (Wildman–Crippen LogP) is 1.97. The van der Waals surface area contributed by atoms with E-state index in [1.54, 1.807) is 0 Å². The highest BCUT2D eigenvalue weighted by molar-refractivity contribution is 5.81. The quantitative estimate of drug-likeness (QED) is 0.816. The van der Waals surface area contributed by atoms with Crippen molar-refractivity contribution < 1.29 is 4.79 Å². The highest BCUT2D eigenvalue weighted by Crippen LogP contribution is 2.17. The highest BCUT2D eigenvalue weighted by atomic mass is 16.2. The number of rotatable bonds is 6. The fraction of sp³-hybridized carbons (Fsp3) is 0.500. The van der Waals surface area contributed by atoms with Crippen molar-refractivity contribution in [1.29, 1.82) is 0 Å². The van der Waals surface area contributed by atoms with Crippen LogP contribution >= 0.6 is 0 Å². The number of imidazole rings is 1. The van der Waals surface area contributed by atoms with Crippen molar-refractivity contribution in [3.63, 3.8) is 0 Å². The molecule has 0 N–H and O–H groups in total. The smallest absolute Gasteiger partial charge is 0.242 e. The van der Waals surface area contributed by atoms with Gasteiger partial charge in [0.25, 0.3) is 0 Å². The van der Waals surface area contributed by atoms with E-state index >= 15 is 0 Å². The second-order valence-electron chi connectivity index (χ2n) is 5.41. The summed E-state index contributed by atoms with van der Waals surface area (Å²) in [7, 11) is 4.02. The summed E-state index contributed by atoms with van der Waals surface area (Å²) in [4.78, 5) is 21.0. The van der Waals surface area contributed by atoms with Crippen molar-refractivity contribution in [1.82, 2.24) is 19.4 Å². The molecule has 0 radical (unpaired) electrons. The largest absolute Gasteiger partial charge is 0.342 e. The summed E-state index contributed by atoms with van der Waals surface area (Å²) in [6.45, 7) is 6.57. The van der Waals surface area contributed by atoms with E-state index in [1.165, 1.54) is 0 Å². The first-order valence-electron chi connectivity index (χ1n) is 7.43. The molecule has 0 atom stereocenters. The maximum atomic E-state index is 12.4. The van der Waals surface area contributed by atoms with Gasteiger partial charge < -0.3 is 14.4 Å². The zero-order valence-corrected chi connectivity index (χ0v) is 13.3. The molecule has 2 rings (SSSR count). The van der Waals surface area contributed by atoms with Crippen LogP contribution in [0.25, 0.3) is 11.0 Å². The van der Waals surface area contributed by atoms with Crippen LogP contribution in [0.1, 0.15) is 19.7 Å². The second-order valence-corrected chi connectivity index (χ2v) is 5.41. The number of hydrogen-bond acceptors (Lipinski definition) is 3. The average molecular weight is 288 g/mol. The topological polar surface area (TPSA) is 41.4 Å². The lowest BCUT2D eigenvalue weighted by Crippen LogP contribution is -2.34.